The molecule has 3 rings (SSSR count). The Bertz CT molecular complexity index is 1020. The fourth-order valence-corrected chi connectivity index (χ4v) is 2.37. The molecule has 22 heavy (non-hydrogen) atoms. The number of carbonyl (C=O) groups is 1. The first-order chi connectivity index (χ1) is 10.6. The second-order valence-corrected chi connectivity index (χ2v) is 4.64. The van der Waals surface area contributed by atoms with Gasteiger partial charge in [0.2, 0.25) is 5.43 Å². The summed E-state index contributed by atoms with van der Waals surface area (Å²) in [5, 5.41) is 13.0. The molecule has 3 aromatic rings. The van der Waals surface area contributed by atoms with E-state index in [9.17, 15) is 9.59 Å². The molecule has 0 aliphatic carbocycles. The Morgan fingerprint density at radius 3 is 2.55 bits per heavy atom. The summed E-state index contributed by atoms with van der Waals surface area (Å²) in [4.78, 5) is 26.2. The third kappa shape index (κ3) is 2.15. The quantitative estimate of drug-likeness (QED) is 0.344. The standard InChI is InChI=1S/C15H9N3O4/c16-18-17-11-6-2-5-10-13(21)9-4-1-3-8(7-12(19)20)14(9)22-15(10)11/h1-6H,7H2,(H,19,20). The van der Waals surface area contributed by atoms with Gasteiger partial charge in [-0.3, -0.25) is 9.59 Å². The Kier molecular flexibility index (Phi) is 3.25. The van der Waals surface area contributed by atoms with Crippen LogP contribution in [0.25, 0.3) is 32.4 Å². The van der Waals surface area contributed by atoms with Crippen LogP contribution in [0.3, 0.4) is 0 Å². The molecule has 0 amide bonds. The van der Waals surface area contributed by atoms with Crippen LogP contribution in [0.5, 0.6) is 0 Å². The van der Waals surface area contributed by atoms with Gasteiger partial charge in [-0.1, -0.05) is 23.3 Å². The van der Waals surface area contributed by atoms with Crippen molar-refractivity contribution in [1.82, 2.24) is 0 Å². The van der Waals surface area contributed by atoms with E-state index in [-0.39, 0.29) is 34.1 Å². The minimum absolute atomic E-state index is 0.149. The number of aliphatic carboxylic acids is 1. The Labute approximate surface area is 123 Å². The minimum Gasteiger partial charge on any atom is -0.481 e. The molecule has 0 spiro atoms. The van der Waals surface area contributed by atoms with Crippen LogP contribution in [-0.4, -0.2) is 11.1 Å². The maximum absolute atomic E-state index is 12.5. The topological polar surface area (TPSA) is 116 Å². The lowest BCUT2D eigenvalue weighted by Crippen LogP contribution is -2.06. The maximum Gasteiger partial charge on any atom is 0.307 e. The molecule has 1 aromatic heterocycles. The Morgan fingerprint density at radius 2 is 1.86 bits per heavy atom. The van der Waals surface area contributed by atoms with Gasteiger partial charge in [0.15, 0.2) is 0 Å². The van der Waals surface area contributed by atoms with Gasteiger partial charge in [0, 0.05) is 10.5 Å². The molecule has 0 fully saturated rings. The highest BCUT2D eigenvalue weighted by Gasteiger charge is 2.14. The smallest absolute Gasteiger partial charge is 0.307 e. The van der Waals surface area contributed by atoms with Gasteiger partial charge in [0.05, 0.1) is 22.9 Å². The molecule has 0 bridgehead atoms. The van der Waals surface area contributed by atoms with Gasteiger partial charge in [-0.15, -0.1) is 0 Å². The zero-order chi connectivity index (χ0) is 15.7. The van der Waals surface area contributed by atoms with Crippen molar-refractivity contribution in [1.29, 1.82) is 0 Å². The number of nitrogens with zero attached hydrogens (tertiary/aromatic N) is 3. The fourth-order valence-electron chi connectivity index (χ4n) is 2.37. The van der Waals surface area contributed by atoms with Gasteiger partial charge in [-0.05, 0) is 23.7 Å². The maximum atomic E-state index is 12.5. The van der Waals surface area contributed by atoms with Gasteiger partial charge < -0.3 is 9.52 Å². The molecule has 0 saturated heterocycles. The molecule has 0 saturated carbocycles. The van der Waals surface area contributed by atoms with Crippen LogP contribution in [0.4, 0.5) is 5.69 Å². The molecular formula is C15H9N3O4. The lowest BCUT2D eigenvalue weighted by molar-refractivity contribution is -0.136. The molecule has 0 unspecified atom stereocenters. The first-order valence-electron chi connectivity index (χ1n) is 6.36. The highest BCUT2D eigenvalue weighted by atomic mass is 16.4. The summed E-state index contributed by atoms with van der Waals surface area (Å²) in [6.45, 7) is 0. The lowest BCUT2D eigenvalue weighted by Gasteiger charge is -2.06. The molecule has 0 atom stereocenters. The van der Waals surface area contributed by atoms with Gasteiger partial charge in [-0.2, -0.15) is 0 Å². The summed E-state index contributed by atoms with van der Waals surface area (Å²) < 4.78 is 5.71. The average molecular weight is 295 g/mol. The Morgan fingerprint density at radius 1 is 1.18 bits per heavy atom. The SMILES string of the molecule is [N-]=[N+]=Nc1cccc2c(=O)c3cccc(CC(=O)O)c3oc12. The molecular weight excluding hydrogens is 286 g/mol. The van der Waals surface area contributed by atoms with Crippen LogP contribution in [0.1, 0.15) is 5.56 Å². The normalized spacial score (nSPS) is 10.5. The monoisotopic (exact) mass is 295 g/mol. The van der Waals surface area contributed by atoms with Gasteiger partial charge in [0.1, 0.15) is 11.2 Å². The second kappa shape index (κ2) is 5.23. The van der Waals surface area contributed by atoms with Crippen LogP contribution in [-0.2, 0) is 11.2 Å². The molecule has 0 aliphatic heterocycles. The summed E-state index contributed by atoms with van der Waals surface area (Å²) >= 11 is 0. The van der Waals surface area contributed by atoms with Crippen molar-refractivity contribution >= 4 is 33.6 Å². The number of fused-ring (bicyclic) bond motifs is 2. The summed E-state index contributed by atoms with van der Waals surface area (Å²) in [6.07, 6.45) is -0.268. The first kappa shape index (κ1) is 13.7. The van der Waals surface area contributed by atoms with Crippen molar-refractivity contribution in [3.8, 4) is 0 Å². The zero-order valence-corrected chi connectivity index (χ0v) is 11.2. The van der Waals surface area contributed by atoms with Crippen LogP contribution in [0.2, 0.25) is 0 Å². The second-order valence-electron chi connectivity index (χ2n) is 4.64. The number of rotatable bonds is 3. The molecule has 2 aromatic carbocycles. The highest BCUT2D eigenvalue weighted by Crippen LogP contribution is 2.29. The number of carboxylic acids is 1. The summed E-state index contributed by atoms with van der Waals surface area (Å²) in [5.41, 5.74) is 9.22. The van der Waals surface area contributed by atoms with E-state index < -0.39 is 5.97 Å². The van der Waals surface area contributed by atoms with Crippen LogP contribution >= 0.6 is 0 Å². The van der Waals surface area contributed by atoms with E-state index in [0.29, 0.717) is 10.9 Å². The van der Waals surface area contributed by atoms with Crippen molar-refractivity contribution < 1.29 is 14.3 Å². The van der Waals surface area contributed by atoms with Crippen molar-refractivity contribution in [3.63, 3.8) is 0 Å². The lowest BCUT2D eigenvalue weighted by atomic mass is 10.1. The predicted octanol–water partition coefficient (Wildman–Crippen LogP) is 3.52. The zero-order valence-electron chi connectivity index (χ0n) is 11.2. The third-order valence-corrected chi connectivity index (χ3v) is 3.28. The van der Waals surface area contributed by atoms with Crippen molar-refractivity contribution in [2.45, 2.75) is 6.42 Å². The molecule has 7 heteroatoms. The Hall–Kier alpha value is -3.31. The fraction of sp³-hybridized carbons (Fsp3) is 0.0667. The molecule has 1 N–H and O–H groups in total. The molecule has 1 heterocycles. The number of hydrogen-bond acceptors (Lipinski definition) is 4. The number of para-hydroxylation sites is 2. The van der Waals surface area contributed by atoms with Crippen LogP contribution in [0, 0.1) is 0 Å². The van der Waals surface area contributed by atoms with E-state index in [1.807, 2.05) is 0 Å². The van der Waals surface area contributed by atoms with E-state index in [4.69, 9.17) is 15.1 Å². The highest BCUT2D eigenvalue weighted by molar-refractivity contribution is 5.96. The largest absolute Gasteiger partial charge is 0.481 e. The average Bonchev–Trinajstić information content (AvgIpc) is 2.49. The minimum atomic E-state index is -1.03. The number of hydrogen-bond donors (Lipinski definition) is 1. The van der Waals surface area contributed by atoms with Gasteiger partial charge >= 0.3 is 5.97 Å². The van der Waals surface area contributed by atoms with Crippen LogP contribution in [0.15, 0.2) is 50.7 Å². The number of azide groups is 1. The van der Waals surface area contributed by atoms with E-state index in [0.717, 1.165) is 0 Å². The Balaban J connectivity index is 2.48. The summed E-state index contributed by atoms with van der Waals surface area (Å²) in [6, 6.07) is 9.46. The summed E-state index contributed by atoms with van der Waals surface area (Å²) in [7, 11) is 0. The van der Waals surface area contributed by atoms with E-state index in [1.165, 1.54) is 6.07 Å². The molecule has 7 nitrogen and oxygen atoms in total. The van der Waals surface area contributed by atoms with E-state index in [2.05, 4.69) is 10.0 Å². The van der Waals surface area contributed by atoms with Gasteiger partial charge in [0.25, 0.3) is 0 Å². The predicted molar refractivity (Wildman–Crippen MR) is 80.1 cm³/mol. The van der Waals surface area contributed by atoms with Gasteiger partial charge in [-0.25, -0.2) is 0 Å². The number of carboxylic acid groups (broad SMARTS) is 1. The van der Waals surface area contributed by atoms with E-state index >= 15 is 0 Å². The third-order valence-electron chi connectivity index (χ3n) is 3.28. The van der Waals surface area contributed by atoms with Crippen molar-refractivity contribution in [2.24, 2.45) is 5.11 Å². The van der Waals surface area contributed by atoms with Crippen molar-refractivity contribution in [3.05, 3.63) is 62.6 Å². The van der Waals surface area contributed by atoms with Crippen LogP contribution < -0.4 is 5.43 Å². The number of benzene rings is 2. The van der Waals surface area contributed by atoms with Crippen molar-refractivity contribution in [2.75, 3.05) is 0 Å². The molecule has 0 aliphatic rings. The summed E-state index contributed by atoms with van der Waals surface area (Å²) in [5.74, 6) is -1.03. The van der Waals surface area contributed by atoms with E-state index in [1.54, 1.807) is 30.3 Å². The molecule has 108 valence electrons. The first-order valence-corrected chi connectivity index (χ1v) is 6.36. The molecule has 0 radical (unpaired) electrons.